The molecule has 0 radical (unpaired) electrons. The van der Waals surface area contributed by atoms with Gasteiger partial charge in [0.25, 0.3) is 0 Å². The molecule has 136 valence electrons. The fraction of sp³-hybridized carbons (Fsp3) is 0.889. The zero-order chi connectivity index (χ0) is 16.8. The van der Waals surface area contributed by atoms with Crippen LogP contribution in [0, 0.1) is 5.92 Å². The van der Waals surface area contributed by atoms with Crippen LogP contribution in [0.2, 0.25) is 0 Å². The minimum atomic E-state index is 0.149. The van der Waals surface area contributed by atoms with Crippen molar-refractivity contribution in [1.29, 1.82) is 0 Å². The number of likely N-dealkylation sites (tertiary alicyclic amines) is 1. The van der Waals surface area contributed by atoms with Gasteiger partial charge in [0.2, 0.25) is 11.8 Å². The van der Waals surface area contributed by atoms with Gasteiger partial charge in [-0.3, -0.25) is 19.4 Å². The van der Waals surface area contributed by atoms with Crippen molar-refractivity contribution in [2.75, 3.05) is 58.9 Å². The molecule has 3 fully saturated rings. The normalized spacial score (nSPS) is 23.8. The first kappa shape index (κ1) is 17.7. The molecule has 0 atom stereocenters. The summed E-state index contributed by atoms with van der Waals surface area (Å²) in [4.78, 5) is 30.8. The summed E-state index contributed by atoms with van der Waals surface area (Å²) >= 11 is 0. The van der Waals surface area contributed by atoms with Crippen molar-refractivity contribution in [3.63, 3.8) is 0 Å². The van der Waals surface area contributed by atoms with Crippen LogP contribution in [0.3, 0.4) is 0 Å². The van der Waals surface area contributed by atoms with Gasteiger partial charge >= 0.3 is 0 Å². The highest BCUT2D eigenvalue weighted by Crippen LogP contribution is 2.27. The molecule has 6 heteroatoms. The molecule has 0 unspecified atom stereocenters. The van der Waals surface area contributed by atoms with E-state index >= 15 is 0 Å². The van der Waals surface area contributed by atoms with Crippen molar-refractivity contribution < 1.29 is 9.59 Å². The summed E-state index contributed by atoms with van der Waals surface area (Å²) < 4.78 is 0. The van der Waals surface area contributed by atoms with Gasteiger partial charge in [0.05, 0.1) is 13.1 Å². The van der Waals surface area contributed by atoms with E-state index in [2.05, 4.69) is 15.1 Å². The van der Waals surface area contributed by atoms with Crippen LogP contribution in [0.5, 0.6) is 0 Å². The van der Waals surface area contributed by atoms with Gasteiger partial charge in [0.15, 0.2) is 0 Å². The Kier molecular flexibility index (Phi) is 6.49. The molecule has 2 aliphatic heterocycles. The molecule has 0 aromatic rings. The standard InChI is InChI=1S/C18H32N4O2/c23-17(19-13-16-5-6-16)14-20-9-11-21(12-10-20)15-18(24)22-7-3-1-2-4-8-22/h16H,1-15H2,(H,19,23). The molecule has 2 saturated heterocycles. The van der Waals surface area contributed by atoms with Gasteiger partial charge in [0, 0.05) is 45.8 Å². The van der Waals surface area contributed by atoms with Crippen LogP contribution in [0.1, 0.15) is 38.5 Å². The van der Waals surface area contributed by atoms with Gasteiger partial charge in [-0.1, -0.05) is 12.8 Å². The maximum Gasteiger partial charge on any atom is 0.236 e. The fourth-order valence-corrected chi connectivity index (χ4v) is 3.56. The fourth-order valence-electron chi connectivity index (χ4n) is 3.56. The first-order valence-corrected chi connectivity index (χ1v) is 9.70. The number of piperazine rings is 1. The zero-order valence-electron chi connectivity index (χ0n) is 14.8. The highest BCUT2D eigenvalue weighted by atomic mass is 16.2. The summed E-state index contributed by atoms with van der Waals surface area (Å²) in [6, 6.07) is 0. The van der Waals surface area contributed by atoms with E-state index in [0.717, 1.165) is 64.6 Å². The van der Waals surface area contributed by atoms with Crippen LogP contribution < -0.4 is 5.32 Å². The lowest BCUT2D eigenvalue weighted by molar-refractivity contribution is -0.133. The van der Waals surface area contributed by atoms with Gasteiger partial charge in [-0.15, -0.1) is 0 Å². The number of amides is 2. The Bertz CT molecular complexity index is 423. The molecule has 0 aromatic heterocycles. The van der Waals surface area contributed by atoms with Gasteiger partial charge in [-0.05, 0) is 31.6 Å². The zero-order valence-corrected chi connectivity index (χ0v) is 14.8. The lowest BCUT2D eigenvalue weighted by Gasteiger charge is -2.35. The molecule has 2 amide bonds. The summed E-state index contributed by atoms with van der Waals surface area (Å²) in [6.07, 6.45) is 7.34. The lowest BCUT2D eigenvalue weighted by Crippen LogP contribution is -2.52. The molecule has 1 aliphatic carbocycles. The van der Waals surface area contributed by atoms with E-state index in [-0.39, 0.29) is 11.8 Å². The minimum absolute atomic E-state index is 0.149. The van der Waals surface area contributed by atoms with Gasteiger partial charge < -0.3 is 10.2 Å². The Balaban J connectivity index is 1.32. The quantitative estimate of drug-likeness (QED) is 0.769. The summed E-state index contributed by atoms with van der Waals surface area (Å²) in [5, 5.41) is 3.03. The second-order valence-electron chi connectivity index (χ2n) is 7.59. The third kappa shape index (κ3) is 5.74. The molecule has 2 heterocycles. The molecule has 1 saturated carbocycles. The highest BCUT2D eigenvalue weighted by molar-refractivity contribution is 5.78. The average molecular weight is 336 g/mol. The molecular weight excluding hydrogens is 304 g/mol. The van der Waals surface area contributed by atoms with Crippen LogP contribution in [0.25, 0.3) is 0 Å². The first-order valence-electron chi connectivity index (χ1n) is 9.70. The summed E-state index contributed by atoms with van der Waals surface area (Å²) in [7, 11) is 0. The number of carbonyl (C=O) groups is 2. The van der Waals surface area contributed by atoms with E-state index in [4.69, 9.17) is 0 Å². The number of hydrogen-bond acceptors (Lipinski definition) is 4. The largest absolute Gasteiger partial charge is 0.355 e. The smallest absolute Gasteiger partial charge is 0.236 e. The Morgan fingerprint density at radius 2 is 1.38 bits per heavy atom. The van der Waals surface area contributed by atoms with E-state index in [1.807, 2.05) is 4.90 Å². The molecular formula is C18H32N4O2. The summed E-state index contributed by atoms with van der Waals surface area (Å²) in [6.45, 7) is 7.28. The molecule has 6 nitrogen and oxygen atoms in total. The maximum atomic E-state index is 12.4. The molecule has 0 bridgehead atoms. The number of nitrogens with one attached hydrogen (secondary N) is 1. The predicted molar refractivity (Wildman–Crippen MR) is 93.7 cm³/mol. The van der Waals surface area contributed by atoms with E-state index in [9.17, 15) is 9.59 Å². The van der Waals surface area contributed by atoms with E-state index in [1.54, 1.807) is 0 Å². The Morgan fingerprint density at radius 3 is 1.96 bits per heavy atom. The monoisotopic (exact) mass is 336 g/mol. The predicted octanol–water partition coefficient (Wildman–Crippen LogP) is 0.533. The molecule has 0 aromatic carbocycles. The van der Waals surface area contributed by atoms with Crippen LogP contribution in [0.4, 0.5) is 0 Å². The van der Waals surface area contributed by atoms with Crippen molar-refractivity contribution in [2.45, 2.75) is 38.5 Å². The van der Waals surface area contributed by atoms with E-state index < -0.39 is 0 Å². The average Bonchev–Trinajstić information content (AvgIpc) is 3.41. The van der Waals surface area contributed by atoms with Gasteiger partial charge in [-0.25, -0.2) is 0 Å². The van der Waals surface area contributed by atoms with E-state index in [0.29, 0.717) is 13.1 Å². The van der Waals surface area contributed by atoms with Crippen LogP contribution in [-0.2, 0) is 9.59 Å². The van der Waals surface area contributed by atoms with Crippen molar-refractivity contribution in [3.05, 3.63) is 0 Å². The molecule has 3 aliphatic rings. The molecule has 24 heavy (non-hydrogen) atoms. The van der Waals surface area contributed by atoms with Crippen LogP contribution in [-0.4, -0.2) is 85.4 Å². The third-order valence-electron chi connectivity index (χ3n) is 5.43. The number of hydrogen-bond donors (Lipinski definition) is 1. The minimum Gasteiger partial charge on any atom is -0.355 e. The molecule has 1 N–H and O–H groups in total. The second-order valence-corrected chi connectivity index (χ2v) is 7.59. The van der Waals surface area contributed by atoms with Crippen LogP contribution in [0.15, 0.2) is 0 Å². The highest BCUT2D eigenvalue weighted by Gasteiger charge is 2.24. The molecule has 0 spiro atoms. The second kappa shape index (κ2) is 8.81. The van der Waals surface area contributed by atoms with Gasteiger partial charge in [-0.2, -0.15) is 0 Å². The van der Waals surface area contributed by atoms with Crippen LogP contribution >= 0.6 is 0 Å². The van der Waals surface area contributed by atoms with Crippen molar-refractivity contribution in [1.82, 2.24) is 20.0 Å². The first-order chi connectivity index (χ1) is 11.7. The summed E-state index contributed by atoms with van der Waals surface area (Å²) in [5.74, 6) is 1.17. The van der Waals surface area contributed by atoms with Crippen molar-refractivity contribution >= 4 is 11.8 Å². The van der Waals surface area contributed by atoms with Gasteiger partial charge in [0.1, 0.15) is 0 Å². The summed E-state index contributed by atoms with van der Waals surface area (Å²) in [5.41, 5.74) is 0. The lowest BCUT2D eigenvalue weighted by atomic mass is 10.2. The van der Waals surface area contributed by atoms with Crippen molar-refractivity contribution in [2.24, 2.45) is 5.92 Å². The maximum absolute atomic E-state index is 12.4. The SMILES string of the molecule is O=C(CN1CCN(CC(=O)N2CCCCCC2)CC1)NCC1CC1. The topological polar surface area (TPSA) is 55.9 Å². The third-order valence-corrected chi connectivity index (χ3v) is 5.43. The van der Waals surface area contributed by atoms with E-state index in [1.165, 1.54) is 25.7 Å². The Morgan fingerprint density at radius 1 is 0.792 bits per heavy atom. The van der Waals surface area contributed by atoms with Crippen molar-refractivity contribution in [3.8, 4) is 0 Å². The Labute approximate surface area is 145 Å². The molecule has 3 rings (SSSR count). The number of rotatable bonds is 6. The Hall–Kier alpha value is -1.14. The number of nitrogens with zero attached hydrogens (tertiary/aromatic N) is 3. The number of carbonyl (C=O) groups excluding carboxylic acids is 2.